The van der Waals surface area contributed by atoms with Crippen molar-refractivity contribution in [3.63, 3.8) is 0 Å². The summed E-state index contributed by atoms with van der Waals surface area (Å²) in [5.74, 6) is 3.23. The lowest BCUT2D eigenvalue weighted by Gasteiger charge is -2.48. The Morgan fingerprint density at radius 2 is 1.72 bits per heavy atom. The molecule has 3 aromatic heterocycles. The van der Waals surface area contributed by atoms with E-state index in [0.29, 0.717) is 21.8 Å². The fourth-order valence-electron chi connectivity index (χ4n) is 5.93. The van der Waals surface area contributed by atoms with Gasteiger partial charge in [-0.05, 0) is 47.6 Å². The number of thioether (sulfide) groups is 1. The molecular formula is C40H47N7O8S2Si. The minimum atomic E-state index is -1.69. The maximum atomic E-state index is 13.3. The number of carbonyl (C=O) groups is 2. The third kappa shape index (κ3) is 10.5. The van der Waals surface area contributed by atoms with Gasteiger partial charge in [0.2, 0.25) is 5.13 Å². The Balaban J connectivity index is 1.35. The van der Waals surface area contributed by atoms with Crippen LogP contribution in [0.3, 0.4) is 0 Å². The number of aromatic nitrogens is 5. The number of hydrogen-bond acceptors (Lipinski definition) is 15. The highest BCUT2D eigenvalue weighted by Crippen LogP contribution is 2.45. The van der Waals surface area contributed by atoms with Gasteiger partial charge in [0.1, 0.15) is 66.5 Å². The van der Waals surface area contributed by atoms with Gasteiger partial charge in [0.25, 0.3) is 0 Å². The third-order valence-electron chi connectivity index (χ3n) is 8.35. The number of hydrogen-bond donors (Lipinski definition) is 0. The Hall–Kier alpha value is -4.66. The Morgan fingerprint density at radius 1 is 1.03 bits per heavy atom. The minimum Gasteiger partial charge on any atom is -0.443 e. The van der Waals surface area contributed by atoms with Gasteiger partial charge in [-0.2, -0.15) is 10.2 Å². The van der Waals surface area contributed by atoms with Gasteiger partial charge in [-0.15, -0.1) is 22.0 Å². The van der Waals surface area contributed by atoms with E-state index < -0.39 is 67.5 Å². The van der Waals surface area contributed by atoms with Crippen LogP contribution in [0, 0.1) is 22.8 Å². The molecule has 0 aliphatic carbocycles. The van der Waals surface area contributed by atoms with Crippen molar-refractivity contribution in [2.24, 2.45) is 0 Å². The summed E-state index contributed by atoms with van der Waals surface area (Å²) in [5.41, 5.74) is 3.36. The van der Waals surface area contributed by atoms with E-state index in [1.165, 1.54) is 11.8 Å². The summed E-state index contributed by atoms with van der Waals surface area (Å²) in [6, 6.07) is 13.0. The number of anilines is 1. The first kappa shape index (κ1) is 42.9. The molecule has 2 aliphatic rings. The summed E-state index contributed by atoms with van der Waals surface area (Å²) in [6.07, 6.45) is -1.14. The van der Waals surface area contributed by atoms with Crippen molar-refractivity contribution in [1.29, 1.82) is 5.26 Å². The van der Waals surface area contributed by atoms with Crippen LogP contribution in [0.1, 0.15) is 70.7 Å². The van der Waals surface area contributed by atoms with Gasteiger partial charge in [-0.25, -0.2) is 24.2 Å². The van der Waals surface area contributed by atoms with E-state index in [0.717, 1.165) is 21.8 Å². The van der Waals surface area contributed by atoms with Gasteiger partial charge in [0.15, 0.2) is 12.0 Å². The van der Waals surface area contributed by atoms with Gasteiger partial charge in [-0.3, -0.25) is 0 Å². The molecule has 4 unspecified atom stereocenters. The lowest BCUT2D eigenvalue weighted by atomic mass is 9.95. The molecular weight excluding hydrogens is 799 g/mol. The molecule has 18 heteroatoms. The standard InChI is InChI=1S/C40H47N7O8S2Si/c1-39(2,3)54-37(48)47(38(49)55-40(4,5)6)36-43-28(23-56-36)27-21-46(45-44-27)31-32-29(22-51-34(53-32)25-14-12-11-13-15-25)52-35(33(31)50-7)57-30-18-24(16-17-58(8,9)10)20-42-26(30)19-41/h11-15,18,20-21,23,29,31-35H,22H2,1-10H3/t29?,31?,32-,33?,34?,35+/m0/s1. The number of nitrogens with zero attached hydrogens (tertiary/aromatic N) is 7. The zero-order chi connectivity index (χ0) is 42.0. The Labute approximate surface area is 347 Å². The predicted octanol–water partition coefficient (Wildman–Crippen LogP) is 7.76. The molecule has 2 aliphatic heterocycles. The molecule has 0 N–H and O–H groups in total. The van der Waals surface area contributed by atoms with Crippen molar-refractivity contribution in [2.75, 3.05) is 18.6 Å². The van der Waals surface area contributed by atoms with E-state index >= 15 is 0 Å². The molecule has 6 atom stereocenters. The van der Waals surface area contributed by atoms with E-state index in [9.17, 15) is 14.9 Å². The predicted molar refractivity (Wildman–Crippen MR) is 220 cm³/mol. The SMILES string of the molecule is COC1C(n2cc(-c3csc(N(C(=O)OC(C)(C)C)C(=O)OC(C)(C)C)n3)nn2)[C@H]2OC(c3ccccc3)OCC2O[C@@H]1Sc1cc(C#C[Si](C)(C)C)cnc1C#N. The lowest BCUT2D eigenvalue weighted by molar-refractivity contribution is -0.308. The van der Waals surface area contributed by atoms with Crippen LogP contribution in [-0.4, -0.2) is 93.9 Å². The summed E-state index contributed by atoms with van der Waals surface area (Å²) in [4.78, 5) is 37.0. The molecule has 2 fully saturated rings. The topological polar surface area (TPSA) is 173 Å². The maximum Gasteiger partial charge on any atom is 0.426 e. The molecule has 2 saturated heterocycles. The minimum absolute atomic E-state index is 0.0301. The van der Waals surface area contributed by atoms with Gasteiger partial charge in [-0.1, -0.05) is 72.9 Å². The molecule has 15 nitrogen and oxygen atoms in total. The van der Waals surface area contributed by atoms with Crippen molar-refractivity contribution < 1.29 is 38.0 Å². The van der Waals surface area contributed by atoms with Crippen LogP contribution in [0.4, 0.5) is 14.7 Å². The van der Waals surface area contributed by atoms with Crippen molar-refractivity contribution >= 4 is 48.5 Å². The largest absolute Gasteiger partial charge is 0.443 e. The molecule has 2 amide bonds. The second kappa shape index (κ2) is 17.3. The lowest BCUT2D eigenvalue weighted by Crippen LogP contribution is -2.59. The average molecular weight is 846 g/mol. The summed E-state index contributed by atoms with van der Waals surface area (Å²) in [5, 5.41) is 20.7. The van der Waals surface area contributed by atoms with E-state index in [1.54, 1.807) is 71.1 Å². The number of rotatable bonds is 7. The van der Waals surface area contributed by atoms with E-state index in [-0.39, 0.29) is 17.4 Å². The molecule has 0 spiro atoms. The van der Waals surface area contributed by atoms with E-state index in [4.69, 9.17) is 28.4 Å². The first-order valence-corrected chi connectivity index (χ1v) is 23.8. The highest BCUT2D eigenvalue weighted by Gasteiger charge is 2.52. The fourth-order valence-corrected chi connectivity index (χ4v) is 8.51. The highest BCUT2D eigenvalue weighted by atomic mass is 32.2. The van der Waals surface area contributed by atoms with Crippen LogP contribution < -0.4 is 4.90 Å². The number of ether oxygens (including phenoxy) is 6. The number of thiazole rings is 1. The molecule has 58 heavy (non-hydrogen) atoms. The summed E-state index contributed by atoms with van der Waals surface area (Å²) >= 11 is 2.35. The molecule has 6 rings (SSSR count). The number of imide groups is 1. The summed E-state index contributed by atoms with van der Waals surface area (Å²) < 4.78 is 38.5. The number of pyridine rings is 1. The van der Waals surface area contributed by atoms with Crippen LogP contribution in [0.15, 0.2) is 59.1 Å². The van der Waals surface area contributed by atoms with Crippen LogP contribution in [0.5, 0.6) is 0 Å². The van der Waals surface area contributed by atoms with E-state index in [1.807, 2.05) is 36.4 Å². The molecule has 0 radical (unpaired) electrons. The Kier molecular flexibility index (Phi) is 12.8. The number of amides is 2. The quantitative estimate of drug-likeness (QED) is 0.130. The van der Waals surface area contributed by atoms with Crippen LogP contribution >= 0.6 is 23.1 Å². The third-order valence-corrected chi connectivity index (χ3v) is 11.2. The van der Waals surface area contributed by atoms with Crippen LogP contribution in [0.2, 0.25) is 19.6 Å². The summed E-state index contributed by atoms with van der Waals surface area (Å²) in [7, 11) is -0.108. The van der Waals surface area contributed by atoms with Crippen molar-refractivity contribution in [3.05, 3.63) is 71.0 Å². The monoisotopic (exact) mass is 845 g/mol. The zero-order valence-corrected chi connectivity index (χ0v) is 36.7. The number of carbonyl (C=O) groups excluding carboxylic acids is 2. The molecule has 0 saturated carbocycles. The molecule has 4 aromatic rings. The average Bonchev–Trinajstić information content (AvgIpc) is 3.83. The Morgan fingerprint density at radius 3 is 2.34 bits per heavy atom. The molecule has 1 aromatic carbocycles. The number of nitriles is 1. The van der Waals surface area contributed by atoms with Gasteiger partial charge in [0.05, 0.1) is 12.8 Å². The van der Waals surface area contributed by atoms with Crippen molar-refractivity contribution in [3.8, 4) is 28.9 Å². The normalized spacial score (nSPS) is 22.2. The second-order valence-electron chi connectivity index (χ2n) is 16.6. The smallest absolute Gasteiger partial charge is 0.426 e. The first-order chi connectivity index (χ1) is 27.3. The van der Waals surface area contributed by atoms with Crippen LogP contribution in [0.25, 0.3) is 11.4 Å². The first-order valence-electron chi connectivity index (χ1n) is 18.6. The zero-order valence-electron chi connectivity index (χ0n) is 34.1. The van der Waals surface area contributed by atoms with Crippen molar-refractivity contribution in [2.45, 2.75) is 113 Å². The van der Waals surface area contributed by atoms with Gasteiger partial charge >= 0.3 is 12.2 Å². The number of benzene rings is 1. The van der Waals surface area contributed by atoms with Crippen LogP contribution in [-0.2, 0) is 28.4 Å². The fraction of sp³-hybridized carbons (Fsp3) is 0.475. The highest BCUT2D eigenvalue weighted by molar-refractivity contribution is 7.99. The van der Waals surface area contributed by atoms with Gasteiger partial charge < -0.3 is 28.4 Å². The Bertz CT molecular complexity index is 2190. The molecule has 5 heterocycles. The second-order valence-corrected chi connectivity index (χ2v) is 23.3. The van der Waals surface area contributed by atoms with Gasteiger partial charge in [0, 0.05) is 34.7 Å². The number of fused-ring (bicyclic) bond motifs is 1. The van der Waals surface area contributed by atoms with Crippen molar-refractivity contribution in [1.82, 2.24) is 25.0 Å². The molecule has 0 bridgehead atoms. The summed E-state index contributed by atoms with van der Waals surface area (Å²) in [6.45, 7) is 16.9. The van der Waals surface area contributed by atoms with E-state index in [2.05, 4.69) is 57.5 Å². The maximum absolute atomic E-state index is 13.3. The number of methoxy groups -OCH3 is 1. The molecule has 306 valence electrons.